The number of carboxylic acid groups (broad SMARTS) is 1. The first kappa shape index (κ1) is 24.6. The van der Waals surface area contributed by atoms with Gasteiger partial charge in [0, 0.05) is 41.9 Å². The quantitative estimate of drug-likeness (QED) is 0.425. The molecule has 4 rings (SSSR count). The summed E-state index contributed by atoms with van der Waals surface area (Å²) in [5.41, 5.74) is 1.23. The van der Waals surface area contributed by atoms with Gasteiger partial charge in [-0.2, -0.15) is 13.2 Å². The first-order chi connectivity index (χ1) is 16.6. The van der Waals surface area contributed by atoms with Crippen molar-refractivity contribution in [3.05, 3.63) is 87.9 Å². The van der Waals surface area contributed by atoms with E-state index in [0.29, 0.717) is 48.8 Å². The Morgan fingerprint density at radius 2 is 1.49 bits per heavy atom. The second kappa shape index (κ2) is 9.99. The summed E-state index contributed by atoms with van der Waals surface area (Å²) in [5, 5.41) is 12.2. The van der Waals surface area contributed by atoms with Crippen molar-refractivity contribution in [1.29, 1.82) is 0 Å². The molecule has 3 aromatic rings. The molecule has 2 N–H and O–H groups in total. The third-order valence-electron chi connectivity index (χ3n) is 5.76. The monoisotopic (exact) mass is 547 g/mol. The highest BCUT2D eigenvalue weighted by atomic mass is 79.9. The third kappa shape index (κ3) is 5.76. The minimum Gasteiger partial charge on any atom is -0.478 e. The normalized spacial score (nSPS) is 14.1. The molecule has 6 nitrogen and oxygen atoms in total. The van der Waals surface area contributed by atoms with Crippen molar-refractivity contribution in [3.63, 3.8) is 0 Å². The Bertz CT molecular complexity index is 1240. The van der Waals surface area contributed by atoms with Crippen LogP contribution in [-0.2, 0) is 6.18 Å². The fraction of sp³-hybridized carbons (Fsp3) is 0.200. The van der Waals surface area contributed by atoms with Gasteiger partial charge in [-0.05, 0) is 60.7 Å². The summed E-state index contributed by atoms with van der Waals surface area (Å²) in [4.78, 5) is 28.2. The summed E-state index contributed by atoms with van der Waals surface area (Å²) >= 11 is 3.32. The van der Waals surface area contributed by atoms with Gasteiger partial charge in [-0.25, -0.2) is 4.79 Å². The summed E-state index contributed by atoms with van der Waals surface area (Å²) in [6.07, 6.45) is -4.41. The van der Waals surface area contributed by atoms with E-state index >= 15 is 0 Å². The van der Waals surface area contributed by atoms with Crippen LogP contribution in [0.3, 0.4) is 0 Å². The number of amides is 1. The van der Waals surface area contributed by atoms with Gasteiger partial charge in [0.2, 0.25) is 0 Å². The molecule has 182 valence electrons. The lowest BCUT2D eigenvalue weighted by Gasteiger charge is -2.38. The molecule has 0 radical (unpaired) electrons. The Morgan fingerprint density at radius 1 is 0.857 bits per heavy atom. The Hall–Kier alpha value is -3.53. The fourth-order valence-electron chi connectivity index (χ4n) is 3.93. The van der Waals surface area contributed by atoms with Crippen LogP contribution in [0.1, 0.15) is 26.3 Å². The molecule has 0 atom stereocenters. The predicted octanol–water partition coefficient (Wildman–Crippen LogP) is 5.75. The summed E-state index contributed by atoms with van der Waals surface area (Å²) in [7, 11) is 0. The number of rotatable bonds is 5. The molecule has 10 heteroatoms. The molecule has 35 heavy (non-hydrogen) atoms. The third-order valence-corrected chi connectivity index (χ3v) is 6.29. The molecule has 0 spiro atoms. The van der Waals surface area contributed by atoms with Gasteiger partial charge in [0.1, 0.15) is 0 Å². The van der Waals surface area contributed by atoms with Crippen molar-refractivity contribution in [2.45, 2.75) is 6.18 Å². The van der Waals surface area contributed by atoms with E-state index in [2.05, 4.69) is 21.2 Å². The van der Waals surface area contributed by atoms with Crippen molar-refractivity contribution in [2.75, 3.05) is 41.3 Å². The number of hydrogen-bond acceptors (Lipinski definition) is 4. The average molecular weight is 548 g/mol. The number of halogens is 4. The topological polar surface area (TPSA) is 72.9 Å². The summed E-state index contributed by atoms with van der Waals surface area (Å²) < 4.78 is 40.1. The maximum atomic E-state index is 13.1. The first-order valence-corrected chi connectivity index (χ1v) is 11.5. The highest BCUT2D eigenvalue weighted by Gasteiger charge is 2.31. The van der Waals surface area contributed by atoms with Gasteiger partial charge in [0.25, 0.3) is 5.91 Å². The van der Waals surface area contributed by atoms with Gasteiger partial charge >= 0.3 is 12.1 Å². The van der Waals surface area contributed by atoms with Crippen LogP contribution in [0.15, 0.2) is 71.2 Å². The second-order valence-electron chi connectivity index (χ2n) is 8.02. The smallest absolute Gasteiger partial charge is 0.416 e. The van der Waals surface area contributed by atoms with Gasteiger partial charge in [0.05, 0.1) is 22.5 Å². The predicted molar refractivity (Wildman–Crippen MR) is 131 cm³/mol. The molecule has 0 unspecified atom stereocenters. The molecular weight excluding hydrogens is 527 g/mol. The van der Waals surface area contributed by atoms with Crippen molar-refractivity contribution in [3.8, 4) is 0 Å². The van der Waals surface area contributed by atoms with Crippen molar-refractivity contribution in [2.24, 2.45) is 0 Å². The molecule has 1 fully saturated rings. The van der Waals surface area contributed by atoms with Gasteiger partial charge in [-0.1, -0.05) is 22.0 Å². The maximum absolute atomic E-state index is 13.1. The Balaban J connectivity index is 1.53. The number of carbonyl (C=O) groups is 2. The lowest BCUT2D eigenvalue weighted by molar-refractivity contribution is -0.137. The fourth-order valence-corrected chi connectivity index (χ4v) is 4.19. The minimum absolute atomic E-state index is 0.0301. The number of nitrogens with one attached hydrogen (secondary N) is 1. The van der Waals surface area contributed by atoms with Crippen LogP contribution in [0.25, 0.3) is 0 Å². The Labute approximate surface area is 208 Å². The maximum Gasteiger partial charge on any atom is 0.416 e. The molecule has 1 saturated heterocycles. The first-order valence-electron chi connectivity index (χ1n) is 10.7. The van der Waals surface area contributed by atoms with E-state index in [1.165, 1.54) is 18.2 Å². The molecule has 0 saturated carbocycles. The van der Waals surface area contributed by atoms with Crippen LogP contribution >= 0.6 is 15.9 Å². The largest absolute Gasteiger partial charge is 0.478 e. The number of anilines is 3. The number of alkyl halides is 3. The van der Waals surface area contributed by atoms with Gasteiger partial charge in [-0.3, -0.25) is 4.79 Å². The lowest BCUT2D eigenvalue weighted by Crippen LogP contribution is -2.46. The molecule has 3 aromatic carbocycles. The number of nitrogens with zero attached hydrogens (tertiary/aromatic N) is 2. The zero-order valence-electron chi connectivity index (χ0n) is 18.3. The summed E-state index contributed by atoms with van der Waals surface area (Å²) in [5.74, 6) is -1.51. The van der Waals surface area contributed by atoms with E-state index in [1.54, 1.807) is 36.4 Å². The number of benzene rings is 3. The number of hydrogen-bond donors (Lipinski definition) is 2. The van der Waals surface area contributed by atoms with Crippen LogP contribution in [0.4, 0.5) is 30.2 Å². The van der Waals surface area contributed by atoms with E-state index in [4.69, 9.17) is 0 Å². The molecular formula is C25H21BrF3N3O3. The van der Waals surface area contributed by atoms with E-state index in [0.717, 1.165) is 16.6 Å². The van der Waals surface area contributed by atoms with Crippen molar-refractivity contribution >= 4 is 44.9 Å². The van der Waals surface area contributed by atoms with E-state index in [1.807, 2.05) is 9.80 Å². The highest BCUT2D eigenvalue weighted by molar-refractivity contribution is 9.10. The number of piperazine rings is 1. The number of carbonyl (C=O) groups excluding carboxylic acids is 1. The highest BCUT2D eigenvalue weighted by Crippen LogP contribution is 2.33. The molecule has 1 heterocycles. The molecule has 1 aliphatic rings. The van der Waals surface area contributed by atoms with Crippen molar-refractivity contribution in [1.82, 2.24) is 0 Å². The lowest BCUT2D eigenvalue weighted by atomic mass is 10.1. The minimum atomic E-state index is -4.41. The summed E-state index contributed by atoms with van der Waals surface area (Å²) in [6.45, 7) is 1.87. The zero-order valence-corrected chi connectivity index (χ0v) is 19.9. The van der Waals surface area contributed by atoms with Crippen molar-refractivity contribution < 1.29 is 27.9 Å². The standard InChI is InChI=1S/C25H21BrF3N3O3/c26-19-7-4-16(5-8-19)23(33)30-21-14-17(24(34)35)6-9-22(21)32-12-10-31(11-13-32)20-3-1-2-18(15-20)25(27,28)29/h1-9,14-15H,10-13H2,(H,30,33)(H,34,35). The van der Waals surface area contributed by atoms with Crippen LogP contribution in [0.2, 0.25) is 0 Å². The average Bonchev–Trinajstić information content (AvgIpc) is 2.84. The second-order valence-corrected chi connectivity index (χ2v) is 8.94. The van der Waals surface area contributed by atoms with Gasteiger partial charge in [0.15, 0.2) is 0 Å². The van der Waals surface area contributed by atoms with Crippen LogP contribution < -0.4 is 15.1 Å². The zero-order chi connectivity index (χ0) is 25.2. The Morgan fingerprint density at radius 3 is 2.11 bits per heavy atom. The summed E-state index contributed by atoms with van der Waals surface area (Å²) in [6, 6.07) is 16.5. The van der Waals surface area contributed by atoms with Gasteiger partial charge in [-0.15, -0.1) is 0 Å². The molecule has 0 bridgehead atoms. The number of aromatic carboxylic acids is 1. The van der Waals surface area contributed by atoms with Gasteiger partial charge < -0.3 is 20.2 Å². The van der Waals surface area contributed by atoms with E-state index in [9.17, 15) is 27.9 Å². The van der Waals surface area contributed by atoms with E-state index in [-0.39, 0.29) is 11.5 Å². The molecule has 0 aromatic heterocycles. The number of carboxylic acids is 1. The Kier molecular flexibility index (Phi) is 7.02. The van der Waals surface area contributed by atoms with Crippen LogP contribution in [-0.4, -0.2) is 43.2 Å². The molecule has 1 aliphatic heterocycles. The molecule has 0 aliphatic carbocycles. The molecule has 1 amide bonds. The van der Waals surface area contributed by atoms with E-state index < -0.39 is 17.7 Å². The SMILES string of the molecule is O=C(O)c1ccc(N2CCN(c3cccc(C(F)(F)F)c3)CC2)c(NC(=O)c2ccc(Br)cc2)c1. The van der Waals surface area contributed by atoms with Crippen LogP contribution in [0, 0.1) is 0 Å². The van der Waals surface area contributed by atoms with Crippen LogP contribution in [0.5, 0.6) is 0 Å².